The zero-order valence-corrected chi connectivity index (χ0v) is 39.1. The molecule has 0 aliphatic carbocycles. The monoisotopic (exact) mass is 992 g/mol. The van der Waals surface area contributed by atoms with Crippen molar-refractivity contribution in [1.29, 1.82) is 0 Å². The fraction of sp³-hybridized carbons (Fsp3) is 0.218. The van der Waals surface area contributed by atoms with Crippen LogP contribution in [-0.4, -0.2) is 19.2 Å². The molecule has 0 unspecified atom stereocenters. The summed E-state index contributed by atoms with van der Waals surface area (Å²) in [6.45, 7) is 20.2. The quantitative estimate of drug-likeness (QED) is 0.118. The number of aromatic nitrogens is 5. The van der Waals surface area contributed by atoms with Gasteiger partial charge in [-0.3, -0.25) is 0 Å². The molecule has 0 aliphatic rings. The van der Waals surface area contributed by atoms with Crippen molar-refractivity contribution in [2.24, 2.45) is 0 Å². The molecule has 9 aromatic rings. The van der Waals surface area contributed by atoms with Crippen molar-refractivity contribution >= 4 is 21.8 Å². The maximum atomic E-state index is 6.65. The molecule has 6 aromatic carbocycles. The first kappa shape index (κ1) is 42.6. The van der Waals surface area contributed by atoms with Gasteiger partial charge in [-0.1, -0.05) is 165 Å². The molecule has 0 bridgehead atoms. The number of pyridine rings is 1. The fourth-order valence-corrected chi connectivity index (χ4v) is 7.74. The molecule has 3 aromatic heterocycles. The van der Waals surface area contributed by atoms with Crippen LogP contribution in [0, 0.1) is 18.5 Å². The van der Waals surface area contributed by atoms with Gasteiger partial charge in [-0.25, -0.2) is 4.98 Å². The van der Waals surface area contributed by atoms with E-state index in [4.69, 9.17) is 14.8 Å². The normalized spacial score (nSPS) is 12.1. The third-order valence-corrected chi connectivity index (χ3v) is 11.3. The van der Waals surface area contributed by atoms with Gasteiger partial charge in [0.25, 0.3) is 6.33 Å². The summed E-state index contributed by atoms with van der Waals surface area (Å²) < 4.78 is 12.7. The van der Waals surface area contributed by atoms with E-state index in [9.17, 15) is 0 Å². The second-order valence-electron chi connectivity index (χ2n) is 19.0. The number of ether oxygens (including phenoxy) is 1. The molecule has 0 spiro atoms. The zero-order chi connectivity index (χ0) is 42.7. The Morgan fingerprint density at radius 2 is 1.19 bits per heavy atom. The van der Waals surface area contributed by atoms with Crippen LogP contribution in [0.4, 0.5) is 0 Å². The smallest absolute Gasteiger partial charge is 0.272 e. The Hall–Kier alpha value is -6.10. The average Bonchev–Trinajstić information content (AvgIpc) is 3.83. The van der Waals surface area contributed by atoms with Crippen molar-refractivity contribution in [2.75, 3.05) is 0 Å². The van der Waals surface area contributed by atoms with E-state index in [1.807, 2.05) is 64.0 Å². The molecule has 6 nitrogen and oxygen atoms in total. The Labute approximate surface area is 380 Å². The molecular weight excluding hydrogens is 942 g/mol. The van der Waals surface area contributed by atoms with Crippen LogP contribution in [0.2, 0.25) is 0 Å². The minimum atomic E-state index is -0.0483. The molecule has 0 aliphatic heterocycles. The maximum absolute atomic E-state index is 6.65. The molecular formula is C55H51N5OPt-2. The molecule has 0 amide bonds. The fourth-order valence-electron chi connectivity index (χ4n) is 7.74. The molecule has 0 atom stereocenters. The second kappa shape index (κ2) is 16.3. The average molecular weight is 993 g/mol. The minimum Gasteiger partial charge on any atom is -0.510 e. The van der Waals surface area contributed by atoms with Gasteiger partial charge in [0.2, 0.25) is 0 Å². The van der Waals surface area contributed by atoms with Gasteiger partial charge in [0.15, 0.2) is 5.82 Å². The number of hydrogen-bond acceptors (Lipinski definition) is 3. The van der Waals surface area contributed by atoms with Crippen molar-refractivity contribution in [1.82, 2.24) is 19.2 Å². The van der Waals surface area contributed by atoms with E-state index in [0.717, 1.165) is 55.9 Å². The molecule has 0 radical (unpaired) electrons. The Kier molecular flexibility index (Phi) is 11.2. The summed E-state index contributed by atoms with van der Waals surface area (Å²) >= 11 is 0. The van der Waals surface area contributed by atoms with Crippen molar-refractivity contribution in [3.63, 3.8) is 0 Å². The van der Waals surface area contributed by atoms with Crippen molar-refractivity contribution in [2.45, 2.75) is 78.6 Å². The topological polar surface area (TPSA) is 48.8 Å². The molecule has 7 heteroatoms. The molecule has 0 N–H and O–H groups in total. The predicted molar refractivity (Wildman–Crippen MR) is 247 cm³/mol. The number of benzene rings is 6. The summed E-state index contributed by atoms with van der Waals surface area (Å²) in [4.78, 5) is 4.91. The van der Waals surface area contributed by atoms with Gasteiger partial charge in [0.05, 0.1) is 5.69 Å². The van der Waals surface area contributed by atoms with E-state index in [1.54, 1.807) is 0 Å². The molecule has 62 heavy (non-hydrogen) atoms. The van der Waals surface area contributed by atoms with Crippen LogP contribution in [-0.2, 0) is 37.3 Å². The third kappa shape index (κ3) is 8.41. The number of hydrogen-bond donors (Lipinski definition) is 0. The van der Waals surface area contributed by atoms with E-state index in [-0.39, 0.29) is 37.3 Å². The van der Waals surface area contributed by atoms with E-state index >= 15 is 0 Å². The summed E-state index contributed by atoms with van der Waals surface area (Å²) in [6, 6.07) is 55.6. The third-order valence-electron chi connectivity index (χ3n) is 11.3. The van der Waals surface area contributed by atoms with Gasteiger partial charge in [0.1, 0.15) is 5.82 Å². The van der Waals surface area contributed by atoms with Crippen molar-refractivity contribution in [3.05, 3.63) is 181 Å². The van der Waals surface area contributed by atoms with Crippen molar-refractivity contribution < 1.29 is 30.5 Å². The Bertz CT molecular complexity index is 3020. The van der Waals surface area contributed by atoms with Crippen LogP contribution in [0.25, 0.3) is 61.5 Å². The standard InChI is InChI=1S/C55H51N5O.Pt/c1-53(2,3)40-27-28-56-51(33-40)60-49-26-23-39(37-17-12-10-13-18-37)29-48(49)47-25-24-46(35-50(47)60)61-45-22-16-21-43(34-45)58-36-59(57-52(58)38-19-14-11-15-20-38)44-31-41(54(4,5)6)30-42(32-44)55(7,8)9;/h10-33H,1-9H3;/q-2;. The van der Waals surface area contributed by atoms with Gasteiger partial charge in [-0.2, -0.15) is 22.9 Å². The Balaban J connectivity index is 0.00000529. The van der Waals surface area contributed by atoms with Crippen LogP contribution in [0.1, 0.15) is 79.0 Å². The minimum absolute atomic E-state index is 0. The Morgan fingerprint density at radius 3 is 1.85 bits per heavy atom. The van der Waals surface area contributed by atoms with Gasteiger partial charge < -0.3 is 13.9 Å². The van der Waals surface area contributed by atoms with Crippen molar-refractivity contribution in [3.8, 4) is 51.2 Å². The first-order valence-electron chi connectivity index (χ1n) is 21.0. The summed E-state index contributed by atoms with van der Waals surface area (Å²) in [5.41, 5.74) is 10.5. The van der Waals surface area contributed by atoms with E-state index < -0.39 is 0 Å². The number of fused-ring (bicyclic) bond motifs is 3. The number of rotatable bonds is 7. The van der Waals surface area contributed by atoms with Gasteiger partial charge in [-0.15, -0.1) is 34.8 Å². The van der Waals surface area contributed by atoms with Gasteiger partial charge in [-0.05, 0) is 67.6 Å². The van der Waals surface area contributed by atoms with Gasteiger partial charge in [0, 0.05) is 49.8 Å². The van der Waals surface area contributed by atoms with Crippen LogP contribution in [0.3, 0.4) is 0 Å². The van der Waals surface area contributed by atoms with E-state index in [1.165, 1.54) is 22.3 Å². The largest absolute Gasteiger partial charge is 0.510 e. The number of nitrogens with zero attached hydrogens (tertiary/aromatic N) is 5. The zero-order valence-electron chi connectivity index (χ0n) is 36.8. The van der Waals surface area contributed by atoms with Gasteiger partial charge >= 0.3 is 0 Å². The van der Waals surface area contributed by atoms with E-state index in [2.05, 4.69) is 176 Å². The summed E-state index contributed by atoms with van der Waals surface area (Å²) in [5, 5.41) is 7.36. The maximum Gasteiger partial charge on any atom is 0.272 e. The van der Waals surface area contributed by atoms with E-state index in [0.29, 0.717) is 11.5 Å². The summed E-state index contributed by atoms with van der Waals surface area (Å²) in [7, 11) is 0. The van der Waals surface area contributed by atoms with Crippen LogP contribution >= 0.6 is 0 Å². The van der Waals surface area contributed by atoms with Crippen LogP contribution < -0.4 is 9.42 Å². The van der Waals surface area contributed by atoms with Crippen LogP contribution in [0.5, 0.6) is 11.5 Å². The predicted octanol–water partition coefficient (Wildman–Crippen LogP) is 13.1. The first-order chi connectivity index (χ1) is 29.1. The SMILES string of the molecule is CC(C)(C)c1cc(-[n+]2[c-]n(-c3[c-]c(Oc4[c-]c5c(cc4)c4cc(-c6ccccc6)ccc4n5-c4cc(C(C)(C)C)ccn4)ccc3)c(-c3ccccc3)n2)cc(C(C)(C)C)c1.[Pt]. The molecule has 0 saturated heterocycles. The molecule has 0 fully saturated rings. The summed E-state index contributed by atoms with van der Waals surface area (Å²) in [5.74, 6) is 2.70. The Morgan fingerprint density at radius 1 is 0.548 bits per heavy atom. The second-order valence-corrected chi connectivity index (χ2v) is 19.0. The molecule has 9 rings (SSSR count). The molecule has 0 saturated carbocycles. The first-order valence-corrected chi connectivity index (χ1v) is 21.0. The summed E-state index contributed by atoms with van der Waals surface area (Å²) in [6.07, 6.45) is 5.48. The van der Waals surface area contributed by atoms with Crippen LogP contribution in [0.15, 0.2) is 146 Å². The molecule has 3 heterocycles. The molecule has 314 valence electrons.